The predicted molar refractivity (Wildman–Crippen MR) is 202 cm³/mol. The molecule has 3 aromatic heterocycles. The molecule has 3 aliphatic rings. The van der Waals surface area contributed by atoms with Gasteiger partial charge in [0.15, 0.2) is 5.65 Å². The van der Waals surface area contributed by atoms with Gasteiger partial charge in [-0.2, -0.15) is 13.2 Å². The van der Waals surface area contributed by atoms with Gasteiger partial charge in [0.2, 0.25) is 17.6 Å². The number of piperidine rings is 1. The van der Waals surface area contributed by atoms with Crippen molar-refractivity contribution in [2.24, 2.45) is 14.1 Å². The van der Waals surface area contributed by atoms with Gasteiger partial charge in [-0.1, -0.05) is 41.9 Å². The Bertz CT molecular complexity index is 2540. The number of benzene rings is 2. The van der Waals surface area contributed by atoms with Gasteiger partial charge in [-0.05, 0) is 67.9 Å². The minimum atomic E-state index is -4.95. The predicted octanol–water partition coefficient (Wildman–Crippen LogP) is 6.22. The summed E-state index contributed by atoms with van der Waals surface area (Å²) in [4.78, 5) is 52.8. The lowest BCUT2D eigenvalue weighted by molar-refractivity contribution is -0.144. The number of aryl methyl sites for hydroxylation is 2. The molecule has 0 saturated carbocycles. The number of nitrogens with one attached hydrogen (secondary N) is 2. The first-order valence-electron chi connectivity index (χ1n) is 18.0. The molecule has 2 fully saturated rings. The van der Waals surface area contributed by atoms with Gasteiger partial charge in [-0.3, -0.25) is 23.6 Å². The minimum absolute atomic E-state index is 0.119. The van der Waals surface area contributed by atoms with Crippen molar-refractivity contribution in [3.8, 4) is 28.3 Å². The molecule has 55 heavy (non-hydrogen) atoms. The molecule has 0 radical (unpaired) electrons. The van der Waals surface area contributed by atoms with Gasteiger partial charge in [0.05, 0.1) is 23.4 Å². The number of amides is 1. The SMILES string of the molecule is COc1nc(-c2cccc(-c3cccc(Nc4nc(C(F)(F)F)nc5c4c(=O)n(C)c(=O)n5C)c3C)c2Cl)cc2c1C(N1CCC3(CCCC(=O)N3)C1)CC2. The van der Waals surface area contributed by atoms with Crippen molar-refractivity contribution in [1.82, 2.24) is 34.3 Å². The third-order valence-electron chi connectivity index (χ3n) is 11.3. The molecule has 2 aliphatic heterocycles. The van der Waals surface area contributed by atoms with Gasteiger partial charge in [0.1, 0.15) is 11.2 Å². The number of likely N-dealkylation sites (tertiary alicyclic amines) is 1. The number of ether oxygens (including phenoxy) is 1. The number of fused-ring (bicyclic) bond motifs is 2. The second-order valence-electron chi connectivity index (χ2n) is 14.6. The first-order chi connectivity index (χ1) is 26.2. The van der Waals surface area contributed by atoms with Gasteiger partial charge < -0.3 is 15.4 Å². The average Bonchev–Trinajstić information content (AvgIpc) is 3.77. The maximum Gasteiger partial charge on any atom is 0.451 e. The number of alkyl halides is 3. The number of anilines is 2. The zero-order chi connectivity index (χ0) is 39.0. The normalized spacial score (nSPS) is 19.9. The van der Waals surface area contributed by atoms with Crippen LogP contribution in [0.2, 0.25) is 5.02 Å². The molecule has 5 heterocycles. The molecule has 286 valence electrons. The number of hydrogen-bond acceptors (Lipinski definition) is 9. The first-order valence-corrected chi connectivity index (χ1v) is 18.4. The van der Waals surface area contributed by atoms with E-state index in [4.69, 9.17) is 21.3 Å². The highest BCUT2D eigenvalue weighted by molar-refractivity contribution is 6.36. The van der Waals surface area contributed by atoms with Gasteiger partial charge >= 0.3 is 11.9 Å². The number of rotatable bonds is 6. The van der Waals surface area contributed by atoms with Crippen LogP contribution in [0.5, 0.6) is 5.88 Å². The van der Waals surface area contributed by atoms with Crippen LogP contribution in [0, 0.1) is 6.92 Å². The molecule has 0 bridgehead atoms. The van der Waals surface area contributed by atoms with Crippen LogP contribution in [-0.4, -0.2) is 60.6 Å². The van der Waals surface area contributed by atoms with Crippen LogP contribution in [0.25, 0.3) is 33.4 Å². The van der Waals surface area contributed by atoms with Crippen molar-refractivity contribution in [2.75, 3.05) is 25.5 Å². The number of halogens is 4. The van der Waals surface area contributed by atoms with E-state index in [1.54, 1.807) is 26.2 Å². The maximum absolute atomic E-state index is 14.0. The molecule has 5 aromatic rings. The lowest BCUT2D eigenvalue weighted by Crippen LogP contribution is -2.53. The van der Waals surface area contributed by atoms with Crippen LogP contribution < -0.4 is 26.6 Å². The number of carbonyl (C=O) groups excluding carboxylic acids is 1. The fraction of sp³-hybridized carbons (Fsp3) is 0.385. The van der Waals surface area contributed by atoms with Crippen LogP contribution in [-0.2, 0) is 31.5 Å². The van der Waals surface area contributed by atoms with Gasteiger partial charge in [0, 0.05) is 62.0 Å². The molecule has 1 aliphatic carbocycles. The third-order valence-corrected chi connectivity index (χ3v) is 11.7. The monoisotopic (exact) mass is 774 g/mol. The van der Waals surface area contributed by atoms with Gasteiger partial charge in [-0.15, -0.1) is 0 Å². The molecule has 12 nitrogen and oxygen atoms in total. The van der Waals surface area contributed by atoms with E-state index in [1.165, 1.54) is 14.1 Å². The third kappa shape index (κ3) is 6.22. The zero-order valence-electron chi connectivity index (χ0n) is 30.6. The van der Waals surface area contributed by atoms with Crippen LogP contribution in [0.4, 0.5) is 24.7 Å². The Balaban J connectivity index is 1.15. The summed E-state index contributed by atoms with van der Waals surface area (Å²) in [5, 5.41) is 6.35. The lowest BCUT2D eigenvalue weighted by atomic mass is 9.88. The number of pyridine rings is 1. The second-order valence-corrected chi connectivity index (χ2v) is 15.0. The zero-order valence-corrected chi connectivity index (χ0v) is 31.4. The Labute approximate surface area is 318 Å². The number of hydrogen-bond donors (Lipinski definition) is 2. The highest BCUT2D eigenvalue weighted by Crippen LogP contribution is 2.47. The van der Waals surface area contributed by atoms with E-state index < -0.39 is 34.7 Å². The molecule has 8 rings (SSSR count). The summed E-state index contributed by atoms with van der Waals surface area (Å²) in [6, 6.07) is 13.0. The number of carbonyl (C=O) groups is 1. The number of aromatic nitrogens is 5. The lowest BCUT2D eigenvalue weighted by Gasteiger charge is -2.35. The van der Waals surface area contributed by atoms with Gasteiger partial charge in [-0.25, -0.2) is 19.7 Å². The Kier molecular flexibility index (Phi) is 8.99. The molecule has 2 N–H and O–H groups in total. The van der Waals surface area contributed by atoms with Crippen molar-refractivity contribution in [3.05, 3.63) is 90.8 Å². The summed E-state index contributed by atoms with van der Waals surface area (Å²) in [6.07, 6.45) is 0.169. The molecular formula is C39H38ClF3N8O4. The summed E-state index contributed by atoms with van der Waals surface area (Å²) < 4.78 is 49.5. The largest absolute Gasteiger partial charge is 0.481 e. The van der Waals surface area contributed by atoms with Gasteiger partial charge in [0.25, 0.3) is 5.56 Å². The number of nitrogens with zero attached hydrogens (tertiary/aromatic N) is 6. The van der Waals surface area contributed by atoms with Crippen LogP contribution >= 0.6 is 11.6 Å². The van der Waals surface area contributed by atoms with Crippen LogP contribution in [0.3, 0.4) is 0 Å². The Hall–Kier alpha value is -5.28. The van der Waals surface area contributed by atoms with E-state index in [0.717, 1.165) is 65.5 Å². The summed E-state index contributed by atoms with van der Waals surface area (Å²) in [5.41, 5.74) is 3.52. The Morgan fingerprint density at radius 1 is 0.982 bits per heavy atom. The molecule has 2 saturated heterocycles. The van der Waals surface area contributed by atoms with E-state index in [1.807, 2.05) is 24.3 Å². The van der Waals surface area contributed by atoms with Crippen LogP contribution in [0.15, 0.2) is 52.1 Å². The van der Waals surface area contributed by atoms with E-state index in [9.17, 15) is 27.6 Å². The highest BCUT2D eigenvalue weighted by Gasteiger charge is 2.45. The van der Waals surface area contributed by atoms with Crippen molar-refractivity contribution in [1.29, 1.82) is 0 Å². The van der Waals surface area contributed by atoms with E-state index in [-0.39, 0.29) is 22.9 Å². The summed E-state index contributed by atoms with van der Waals surface area (Å²) in [6.45, 7) is 3.45. The standard InChI is InChI=1S/C39H38ClF3N8O4/c1-20-22(8-6-11-25(20)44-32-30-33(47-36(46-32)39(41,42)43)49(2)37(54)50(3)35(30)53)23-9-5-10-24(31(23)40)26-18-21-13-14-27(29(21)34(45-26)55-4)51-17-16-38(19-51)15-7-12-28(52)48-38/h5-6,8-11,18,27H,7,12-17,19H2,1-4H3,(H,48,52)(H,44,46,47). The van der Waals surface area contributed by atoms with Crippen molar-refractivity contribution in [2.45, 2.75) is 63.2 Å². The smallest absolute Gasteiger partial charge is 0.451 e. The molecule has 2 aromatic carbocycles. The molecular weight excluding hydrogens is 737 g/mol. The Morgan fingerprint density at radius 2 is 1.73 bits per heavy atom. The first kappa shape index (κ1) is 36.7. The maximum atomic E-state index is 14.0. The van der Waals surface area contributed by atoms with Crippen LogP contribution in [0.1, 0.15) is 60.7 Å². The topological polar surface area (TPSA) is 136 Å². The van der Waals surface area contributed by atoms with Crippen molar-refractivity contribution >= 4 is 40.0 Å². The molecule has 1 amide bonds. The van der Waals surface area contributed by atoms with E-state index in [0.29, 0.717) is 51.0 Å². The number of methoxy groups -OCH3 is 1. The summed E-state index contributed by atoms with van der Waals surface area (Å²) in [5.74, 6) is -1.23. The fourth-order valence-corrected chi connectivity index (χ4v) is 8.85. The summed E-state index contributed by atoms with van der Waals surface area (Å²) >= 11 is 7.19. The minimum Gasteiger partial charge on any atom is -0.481 e. The molecule has 2 atom stereocenters. The van der Waals surface area contributed by atoms with Crippen molar-refractivity contribution in [3.63, 3.8) is 0 Å². The highest BCUT2D eigenvalue weighted by atomic mass is 35.5. The van der Waals surface area contributed by atoms with E-state index in [2.05, 4.69) is 31.6 Å². The summed E-state index contributed by atoms with van der Waals surface area (Å²) in [7, 11) is 4.09. The quantitative estimate of drug-likeness (QED) is 0.206. The fourth-order valence-electron chi connectivity index (χ4n) is 8.53. The van der Waals surface area contributed by atoms with E-state index >= 15 is 0 Å². The molecule has 16 heteroatoms. The molecule has 2 unspecified atom stereocenters. The van der Waals surface area contributed by atoms with Crippen molar-refractivity contribution < 1.29 is 22.7 Å². The Morgan fingerprint density at radius 3 is 2.47 bits per heavy atom. The molecule has 1 spiro atoms. The average molecular weight is 775 g/mol. The second kappa shape index (κ2) is 13.5.